The molecule has 32 heavy (non-hydrogen) atoms. The van der Waals surface area contributed by atoms with Crippen molar-refractivity contribution in [1.29, 1.82) is 0 Å². The molecule has 3 heterocycles. The third kappa shape index (κ3) is 4.92. The molecule has 5 rings (SSSR count). The van der Waals surface area contributed by atoms with Crippen molar-refractivity contribution in [1.82, 2.24) is 9.88 Å². The molecule has 0 radical (unpaired) electrons. The van der Waals surface area contributed by atoms with Crippen LogP contribution >= 0.6 is 11.6 Å². The number of hydrogen-bond acceptors (Lipinski definition) is 4. The van der Waals surface area contributed by atoms with Crippen molar-refractivity contribution in [3.05, 3.63) is 52.5 Å². The van der Waals surface area contributed by atoms with Gasteiger partial charge in [0.1, 0.15) is 11.9 Å². The maximum Gasteiger partial charge on any atom is 0.216 e. The van der Waals surface area contributed by atoms with Crippen LogP contribution in [0.2, 0.25) is 5.02 Å². The van der Waals surface area contributed by atoms with Gasteiger partial charge in [0.05, 0.1) is 5.02 Å². The Labute approximate surface area is 197 Å². The van der Waals surface area contributed by atoms with E-state index >= 15 is 0 Å². The highest BCUT2D eigenvalue weighted by Crippen LogP contribution is 2.43. The molecular formula is C27H36ClN3O. The normalized spacial score (nSPS) is 21.9. The maximum absolute atomic E-state index is 6.64. The minimum Gasteiger partial charge on any atom is -0.474 e. The van der Waals surface area contributed by atoms with Crippen molar-refractivity contribution >= 4 is 17.4 Å². The van der Waals surface area contributed by atoms with Crippen molar-refractivity contribution < 1.29 is 4.74 Å². The Bertz CT molecular complexity index is 905. The van der Waals surface area contributed by atoms with Crippen LogP contribution in [-0.2, 0) is 6.54 Å². The molecule has 2 aliphatic heterocycles. The number of hydrogen-bond donors (Lipinski definition) is 0. The van der Waals surface area contributed by atoms with Gasteiger partial charge in [-0.1, -0.05) is 48.4 Å². The first kappa shape index (κ1) is 22.0. The summed E-state index contributed by atoms with van der Waals surface area (Å²) in [4.78, 5) is 10.1. The monoisotopic (exact) mass is 453 g/mol. The van der Waals surface area contributed by atoms with Gasteiger partial charge in [-0.05, 0) is 75.9 Å². The van der Waals surface area contributed by atoms with Crippen LogP contribution in [0.3, 0.4) is 0 Å². The number of nitrogens with zero attached hydrogens (tertiary/aromatic N) is 3. The minimum atomic E-state index is 0.293. The van der Waals surface area contributed by atoms with E-state index < -0.39 is 0 Å². The second-order valence-electron chi connectivity index (χ2n) is 10.2. The van der Waals surface area contributed by atoms with E-state index in [-0.39, 0.29) is 0 Å². The average molecular weight is 454 g/mol. The van der Waals surface area contributed by atoms with Crippen molar-refractivity contribution in [2.45, 2.75) is 70.9 Å². The predicted molar refractivity (Wildman–Crippen MR) is 132 cm³/mol. The van der Waals surface area contributed by atoms with Gasteiger partial charge in [-0.2, -0.15) is 4.98 Å². The Morgan fingerprint density at radius 1 is 1.03 bits per heavy atom. The number of ether oxygens (including phenoxy) is 1. The molecule has 1 aromatic heterocycles. The van der Waals surface area contributed by atoms with Gasteiger partial charge in [0.25, 0.3) is 0 Å². The van der Waals surface area contributed by atoms with Crippen LogP contribution in [0, 0.1) is 12.3 Å². The highest BCUT2D eigenvalue weighted by molar-refractivity contribution is 6.31. The predicted octanol–water partition coefficient (Wildman–Crippen LogP) is 6.25. The van der Waals surface area contributed by atoms with Gasteiger partial charge >= 0.3 is 0 Å². The molecular weight excluding hydrogens is 418 g/mol. The van der Waals surface area contributed by atoms with Crippen LogP contribution in [0.5, 0.6) is 5.88 Å². The number of rotatable bonds is 5. The van der Waals surface area contributed by atoms with Crippen LogP contribution in [0.15, 0.2) is 36.4 Å². The average Bonchev–Trinajstić information content (AvgIpc) is 3.23. The zero-order valence-corrected chi connectivity index (χ0v) is 20.1. The molecule has 1 spiro atoms. The van der Waals surface area contributed by atoms with E-state index in [0.29, 0.717) is 17.4 Å². The molecule has 3 fully saturated rings. The highest BCUT2D eigenvalue weighted by Gasteiger charge is 2.41. The molecule has 0 unspecified atom stereocenters. The first-order valence-corrected chi connectivity index (χ1v) is 12.8. The lowest BCUT2D eigenvalue weighted by atomic mass is 9.77. The molecule has 2 saturated heterocycles. The third-order valence-electron chi connectivity index (χ3n) is 7.90. The van der Waals surface area contributed by atoms with Crippen molar-refractivity contribution in [2.24, 2.45) is 5.41 Å². The summed E-state index contributed by atoms with van der Waals surface area (Å²) in [5, 5.41) is 0.777. The van der Waals surface area contributed by atoms with Crippen LogP contribution in [0.1, 0.15) is 62.5 Å². The summed E-state index contributed by atoms with van der Waals surface area (Å²) in [5.41, 5.74) is 2.91. The largest absolute Gasteiger partial charge is 0.474 e. The summed E-state index contributed by atoms with van der Waals surface area (Å²) in [6, 6.07) is 12.8. The second kappa shape index (κ2) is 9.61. The topological polar surface area (TPSA) is 28.6 Å². The summed E-state index contributed by atoms with van der Waals surface area (Å²) >= 11 is 6.64. The van der Waals surface area contributed by atoms with E-state index in [9.17, 15) is 0 Å². The van der Waals surface area contributed by atoms with Gasteiger partial charge in [0, 0.05) is 31.3 Å². The number of piperidine rings is 1. The molecule has 4 nitrogen and oxygen atoms in total. The van der Waals surface area contributed by atoms with E-state index in [4.69, 9.17) is 21.3 Å². The lowest BCUT2D eigenvalue weighted by molar-refractivity contribution is 0.115. The Kier molecular flexibility index (Phi) is 6.61. The lowest BCUT2D eigenvalue weighted by Crippen LogP contribution is -2.41. The van der Waals surface area contributed by atoms with Crippen molar-refractivity contribution in [2.75, 3.05) is 31.1 Å². The number of aromatic nitrogens is 1. The summed E-state index contributed by atoms with van der Waals surface area (Å²) in [6.45, 7) is 7.68. The zero-order valence-electron chi connectivity index (χ0n) is 19.4. The number of pyridine rings is 1. The van der Waals surface area contributed by atoms with E-state index in [1.54, 1.807) is 0 Å². The Balaban J connectivity index is 1.23. The molecule has 2 aromatic rings. The van der Waals surface area contributed by atoms with Crippen LogP contribution in [0.25, 0.3) is 0 Å². The van der Waals surface area contributed by atoms with Gasteiger partial charge in [-0.3, -0.25) is 4.90 Å². The summed E-state index contributed by atoms with van der Waals surface area (Å²) in [6.07, 6.45) is 10.2. The smallest absolute Gasteiger partial charge is 0.216 e. The number of benzene rings is 1. The fourth-order valence-corrected chi connectivity index (χ4v) is 5.99. The molecule has 0 amide bonds. The van der Waals surface area contributed by atoms with E-state index in [1.807, 2.05) is 6.07 Å². The molecule has 0 bridgehead atoms. The van der Waals surface area contributed by atoms with Gasteiger partial charge in [-0.15, -0.1) is 0 Å². The fourth-order valence-electron chi connectivity index (χ4n) is 5.82. The number of anilines is 1. The zero-order chi connectivity index (χ0) is 22.0. The summed E-state index contributed by atoms with van der Waals surface area (Å²) in [5.74, 6) is 1.74. The molecule has 3 aliphatic rings. The van der Waals surface area contributed by atoms with Crippen LogP contribution in [0.4, 0.5) is 5.82 Å². The number of likely N-dealkylation sites (tertiary alicyclic amines) is 1. The third-order valence-corrected chi connectivity index (χ3v) is 8.30. The first-order chi connectivity index (χ1) is 15.6. The minimum absolute atomic E-state index is 0.293. The van der Waals surface area contributed by atoms with E-state index in [1.165, 1.54) is 57.2 Å². The molecule has 0 N–H and O–H groups in total. The molecule has 1 aliphatic carbocycles. The Hall–Kier alpha value is -1.78. The van der Waals surface area contributed by atoms with Crippen molar-refractivity contribution in [3.63, 3.8) is 0 Å². The molecule has 5 heteroatoms. The number of halogens is 1. The SMILES string of the molecule is Cc1c(Cl)cc(OC2CCCCC2)nc1N1CCC2(CCN(Cc3ccccc3)CC2)C1. The van der Waals surface area contributed by atoms with Crippen LogP contribution in [-0.4, -0.2) is 42.2 Å². The van der Waals surface area contributed by atoms with Gasteiger partial charge in [-0.25, -0.2) is 0 Å². The summed E-state index contributed by atoms with van der Waals surface area (Å²) in [7, 11) is 0. The van der Waals surface area contributed by atoms with Gasteiger partial charge in [0.2, 0.25) is 5.88 Å². The highest BCUT2D eigenvalue weighted by atomic mass is 35.5. The van der Waals surface area contributed by atoms with Gasteiger partial charge < -0.3 is 9.64 Å². The first-order valence-electron chi connectivity index (χ1n) is 12.5. The maximum atomic E-state index is 6.64. The second-order valence-corrected chi connectivity index (χ2v) is 10.6. The quantitative estimate of drug-likeness (QED) is 0.535. The molecule has 172 valence electrons. The lowest BCUT2D eigenvalue weighted by Gasteiger charge is -2.39. The molecule has 0 atom stereocenters. The Morgan fingerprint density at radius 2 is 1.75 bits per heavy atom. The van der Waals surface area contributed by atoms with E-state index in [2.05, 4.69) is 47.1 Å². The Morgan fingerprint density at radius 3 is 2.50 bits per heavy atom. The van der Waals surface area contributed by atoms with Gasteiger partial charge in [0.15, 0.2) is 0 Å². The molecule has 1 saturated carbocycles. The fraction of sp³-hybridized carbons (Fsp3) is 0.593. The summed E-state index contributed by atoms with van der Waals surface area (Å²) < 4.78 is 6.27. The van der Waals surface area contributed by atoms with Crippen LogP contribution < -0.4 is 9.64 Å². The van der Waals surface area contributed by atoms with E-state index in [0.717, 1.165) is 48.9 Å². The molecule has 1 aromatic carbocycles. The standard InChI is InChI=1S/C27H36ClN3O/c1-21-24(28)18-25(32-23-10-6-3-7-11-23)29-26(21)31-17-14-27(20-31)12-15-30(16-13-27)19-22-8-4-2-5-9-22/h2,4-5,8-9,18,23H,3,6-7,10-17,19-20H2,1H3. The van der Waals surface area contributed by atoms with Crippen molar-refractivity contribution in [3.8, 4) is 5.88 Å².